The van der Waals surface area contributed by atoms with E-state index in [1.807, 2.05) is 4.90 Å². The Labute approximate surface area is 167 Å². The van der Waals surface area contributed by atoms with E-state index in [9.17, 15) is 18.0 Å². The molecule has 0 radical (unpaired) electrons. The van der Waals surface area contributed by atoms with Crippen molar-refractivity contribution >= 4 is 17.7 Å². The van der Waals surface area contributed by atoms with E-state index in [4.69, 9.17) is 4.42 Å². The van der Waals surface area contributed by atoms with E-state index in [0.717, 1.165) is 32.1 Å². The van der Waals surface area contributed by atoms with E-state index >= 15 is 0 Å². The molecule has 5 nitrogen and oxygen atoms in total. The van der Waals surface area contributed by atoms with Crippen molar-refractivity contribution in [1.29, 1.82) is 0 Å². The Bertz CT molecular complexity index is 811. The number of nitrogens with zero attached hydrogens (tertiary/aromatic N) is 2. The first kappa shape index (κ1) is 21.0. The Kier molecular flexibility index (Phi) is 6.98. The molecule has 0 spiro atoms. The van der Waals surface area contributed by atoms with E-state index in [-0.39, 0.29) is 5.91 Å². The normalized spacial score (nSPS) is 15.8. The Morgan fingerprint density at radius 3 is 2.62 bits per heavy atom. The molecule has 29 heavy (non-hydrogen) atoms. The third-order valence-corrected chi connectivity index (χ3v) is 4.80. The molecule has 1 fully saturated rings. The monoisotopic (exact) mass is 407 g/mol. The van der Waals surface area contributed by atoms with Gasteiger partial charge < -0.3 is 14.6 Å². The summed E-state index contributed by atoms with van der Waals surface area (Å²) in [6.07, 6.45) is 1.08. The van der Waals surface area contributed by atoms with E-state index in [1.165, 1.54) is 18.2 Å². The van der Waals surface area contributed by atoms with Gasteiger partial charge in [-0.25, -0.2) is 0 Å². The first-order valence-electron chi connectivity index (χ1n) is 9.56. The van der Waals surface area contributed by atoms with E-state index in [2.05, 4.69) is 10.2 Å². The van der Waals surface area contributed by atoms with Crippen LogP contribution in [0.5, 0.6) is 0 Å². The van der Waals surface area contributed by atoms with Crippen molar-refractivity contribution in [3.63, 3.8) is 0 Å². The second-order valence-electron chi connectivity index (χ2n) is 6.87. The van der Waals surface area contributed by atoms with Gasteiger partial charge in [-0.1, -0.05) is 6.07 Å². The van der Waals surface area contributed by atoms with Crippen LogP contribution in [-0.4, -0.2) is 50.1 Å². The minimum absolute atomic E-state index is 0.171. The number of carbonyl (C=O) groups is 1. The van der Waals surface area contributed by atoms with Gasteiger partial charge >= 0.3 is 6.18 Å². The van der Waals surface area contributed by atoms with Crippen LogP contribution >= 0.6 is 0 Å². The van der Waals surface area contributed by atoms with Gasteiger partial charge in [-0.2, -0.15) is 13.2 Å². The highest BCUT2D eigenvalue weighted by molar-refractivity contribution is 5.91. The Morgan fingerprint density at radius 1 is 1.14 bits per heavy atom. The molecule has 0 bridgehead atoms. The van der Waals surface area contributed by atoms with Gasteiger partial charge in [0.15, 0.2) is 0 Å². The molecular weight excluding hydrogens is 383 g/mol. The average molecular weight is 407 g/mol. The second-order valence-corrected chi connectivity index (χ2v) is 6.87. The number of amides is 1. The third-order valence-electron chi connectivity index (χ3n) is 4.80. The minimum atomic E-state index is -4.32. The maximum atomic E-state index is 12.9. The summed E-state index contributed by atoms with van der Waals surface area (Å²) in [6, 6.07) is 9.00. The van der Waals surface area contributed by atoms with Crippen molar-refractivity contribution < 1.29 is 22.4 Å². The molecule has 156 valence electrons. The number of anilines is 1. The Hall–Kier alpha value is -2.74. The lowest BCUT2D eigenvalue weighted by atomic mass is 10.1. The van der Waals surface area contributed by atoms with Gasteiger partial charge in [0.25, 0.3) is 0 Å². The standard InChI is InChI=1S/C21H24F3N3O2/c22-21(23,24)17-4-1-5-18(16-17)27-13-11-26(12-14-27)10-3-9-25-20(28)8-7-19-6-2-15-29-19/h1-2,4-8,15-16H,3,9-14H2,(H,25,28)/b8-7+. The molecule has 1 aromatic heterocycles. The lowest BCUT2D eigenvalue weighted by molar-refractivity contribution is -0.137. The van der Waals surface area contributed by atoms with E-state index in [1.54, 1.807) is 30.5 Å². The van der Waals surface area contributed by atoms with Crippen LogP contribution in [0.15, 0.2) is 53.2 Å². The quantitative estimate of drug-likeness (QED) is 0.562. The molecule has 1 aromatic carbocycles. The second kappa shape index (κ2) is 9.65. The van der Waals surface area contributed by atoms with Crippen LogP contribution in [-0.2, 0) is 11.0 Å². The molecule has 2 heterocycles. The first-order chi connectivity index (χ1) is 13.9. The smallest absolute Gasteiger partial charge is 0.416 e. The number of piperazine rings is 1. The number of nitrogens with one attached hydrogen (secondary N) is 1. The maximum Gasteiger partial charge on any atom is 0.416 e. The van der Waals surface area contributed by atoms with Crippen LogP contribution in [0.25, 0.3) is 6.08 Å². The van der Waals surface area contributed by atoms with Crippen LogP contribution in [0.2, 0.25) is 0 Å². The van der Waals surface area contributed by atoms with Crippen LogP contribution in [0.4, 0.5) is 18.9 Å². The fraction of sp³-hybridized carbons (Fsp3) is 0.381. The summed E-state index contributed by atoms with van der Waals surface area (Å²) in [4.78, 5) is 16.0. The topological polar surface area (TPSA) is 48.7 Å². The largest absolute Gasteiger partial charge is 0.465 e. The third kappa shape index (κ3) is 6.39. The zero-order chi connectivity index (χ0) is 20.7. The predicted octanol–water partition coefficient (Wildman–Crippen LogP) is 3.64. The fourth-order valence-corrected chi connectivity index (χ4v) is 3.23. The Morgan fingerprint density at radius 2 is 1.93 bits per heavy atom. The van der Waals surface area contributed by atoms with Gasteiger partial charge in [-0.05, 0) is 49.4 Å². The number of rotatable bonds is 7. The van der Waals surface area contributed by atoms with Gasteiger partial charge in [-0.3, -0.25) is 9.69 Å². The van der Waals surface area contributed by atoms with Crippen LogP contribution < -0.4 is 10.2 Å². The zero-order valence-electron chi connectivity index (χ0n) is 16.0. The van der Waals surface area contributed by atoms with Gasteiger partial charge in [0.1, 0.15) is 5.76 Å². The van der Waals surface area contributed by atoms with Crippen molar-refractivity contribution in [3.8, 4) is 0 Å². The molecule has 0 saturated carbocycles. The molecule has 1 aliphatic heterocycles. The van der Waals surface area contributed by atoms with Crippen LogP contribution in [0.3, 0.4) is 0 Å². The lowest BCUT2D eigenvalue weighted by Gasteiger charge is -2.36. The van der Waals surface area contributed by atoms with Crippen LogP contribution in [0.1, 0.15) is 17.7 Å². The molecule has 8 heteroatoms. The molecule has 0 atom stereocenters. The summed E-state index contributed by atoms with van der Waals surface area (Å²) in [5, 5.41) is 2.83. The highest BCUT2D eigenvalue weighted by atomic mass is 19.4. The minimum Gasteiger partial charge on any atom is -0.465 e. The molecule has 2 aromatic rings. The average Bonchev–Trinajstić information content (AvgIpc) is 3.23. The van der Waals surface area contributed by atoms with Crippen LogP contribution in [0, 0.1) is 0 Å². The summed E-state index contributed by atoms with van der Waals surface area (Å²) in [5.74, 6) is 0.453. The molecule has 1 N–H and O–H groups in total. The molecule has 1 amide bonds. The highest BCUT2D eigenvalue weighted by Gasteiger charge is 2.31. The predicted molar refractivity (Wildman–Crippen MR) is 105 cm³/mol. The number of benzene rings is 1. The SMILES string of the molecule is O=C(/C=C/c1ccco1)NCCCN1CCN(c2cccc(C(F)(F)F)c2)CC1. The summed E-state index contributed by atoms with van der Waals surface area (Å²) in [5.41, 5.74) is -0.00986. The first-order valence-corrected chi connectivity index (χ1v) is 9.56. The number of hydrogen-bond donors (Lipinski definition) is 1. The van der Waals surface area contributed by atoms with Gasteiger partial charge in [0.05, 0.1) is 11.8 Å². The van der Waals surface area contributed by atoms with Crippen molar-refractivity contribution in [3.05, 3.63) is 60.1 Å². The number of hydrogen-bond acceptors (Lipinski definition) is 4. The molecule has 0 unspecified atom stereocenters. The van der Waals surface area contributed by atoms with Crippen molar-refractivity contribution in [1.82, 2.24) is 10.2 Å². The maximum absolute atomic E-state index is 12.9. The fourth-order valence-electron chi connectivity index (χ4n) is 3.23. The number of carbonyl (C=O) groups excluding carboxylic acids is 1. The summed E-state index contributed by atoms with van der Waals surface area (Å²) < 4.78 is 43.8. The molecule has 1 saturated heterocycles. The summed E-state index contributed by atoms with van der Waals surface area (Å²) in [7, 11) is 0. The van der Waals surface area contributed by atoms with Gasteiger partial charge in [0.2, 0.25) is 5.91 Å². The number of halogens is 3. The molecular formula is C21H24F3N3O2. The van der Waals surface area contributed by atoms with Crippen molar-refractivity contribution in [2.24, 2.45) is 0 Å². The molecule has 1 aliphatic rings. The van der Waals surface area contributed by atoms with Crippen molar-refractivity contribution in [2.75, 3.05) is 44.2 Å². The van der Waals surface area contributed by atoms with E-state index in [0.29, 0.717) is 31.1 Å². The highest BCUT2D eigenvalue weighted by Crippen LogP contribution is 2.31. The molecule has 0 aliphatic carbocycles. The summed E-state index contributed by atoms with van der Waals surface area (Å²) >= 11 is 0. The number of furan rings is 1. The van der Waals surface area contributed by atoms with Gasteiger partial charge in [0, 0.05) is 44.5 Å². The van der Waals surface area contributed by atoms with E-state index < -0.39 is 11.7 Å². The van der Waals surface area contributed by atoms with Crippen molar-refractivity contribution in [2.45, 2.75) is 12.6 Å². The summed E-state index contributed by atoms with van der Waals surface area (Å²) in [6.45, 7) is 4.32. The Balaban J connectivity index is 1.35. The zero-order valence-corrected chi connectivity index (χ0v) is 16.0. The lowest BCUT2D eigenvalue weighted by Crippen LogP contribution is -2.47. The van der Waals surface area contributed by atoms with Gasteiger partial charge in [-0.15, -0.1) is 0 Å². The number of alkyl halides is 3. The molecule has 3 rings (SSSR count).